The van der Waals surface area contributed by atoms with E-state index in [-0.39, 0.29) is 0 Å². The van der Waals surface area contributed by atoms with Crippen LogP contribution in [0.15, 0.2) is 36.7 Å². The molecule has 0 aliphatic heterocycles. The van der Waals surface area contributed by atoms with Crippen LogP contribution in [0.5, 0.6) is 0 Å². The molecule has 0 saturated heterocycles. The van der Waals surface area contributed by atoms with Crippen molar-refractivity contribution in [3.05, 3.63) is 53.6 Å². The van der Waals surface area contributed by atoms with Crippen LogP contribution in [0.2, 0.25) is 0 Å². The SMILES string of the molecule is Cc1ccncc1-c1cc(F)cc(C#N)c1. The van der Waals surface area contributed by atoms with Crippen LogP contribution >= 0.6 is 0 Å². The van der Waals surface area contributed by atoms with Crippen molar-refractivity contribution >= 4 is 0 Å². The summed E-state index contributed by atoms with van der Waals surface area (Å²) >= 11 is 0. The van der Waals surface area contributed by atoms with Crippen molar-refractivity contribution in [2.45, 2.75) is 6.92 Å². The molecule has 0 unspecified atom stereocenters. The lowest BCUT2D eigenvalue weighted by atomic mass is 10.0. The highest BCUT2D eigenvalue weighted by Gasteiger charge is 2.05. The average Bonchev–Trinajstić information content (AvgIpc) is 2.28. The zero-order chi connectivity index (χ0) is 11.5. The van der Waals surface area contributed by atoms with E-state index in [4.69, 9.17) is 5.26 Å². The Morgan fingerprint density at radius 1 is 1.31 bits per heavy atom. The maximum atomic E-state index is 13.3. The number of hydrogen-bond acceptors (Lipinski definition) is 2. The molecule has 0 radical (unpaired) electrons. The van der Waals surface area contributed by atoms with Gasteiger partial charge in [-0.15, -0.1) is 0 Å². The minimum atomic E-state index is -0.405. The molecule has 1 heterocycles. The highest BCUT2D eigenvalue weighted by Crippen LogP contribution is 2.24. The molecular weight excluding hydrogens is 203 g/mol. The van der Waals surface area contributed by atoms with E-state index in [1.54, 1.807) is 18.5 Å². The third-order valence-corrected chi connectivity index (χ3v) is 2.38. The lowest BCUT2D eigenvalue weighted by Gasteiger charge is -2.05. The second-order valence-corrected chi connectivity index (χ2v) is 3.53. The normalized spacial score (nSPS) is 9.81. The van der Waals surface area contributed by atoms with Gasteiger partial charge in [-0.3, -0.25) is 4.98 Å². The first-order chi connectivity index (χ1) is 7.70. The Balaban J connectivity index is 2.61. The van der Waals surface area contributed by atoms with Gasteiger partial charge in [-0.25, -0.2) is 4.39 Å². The summed E-state index contributed by atoms with van der Waals surface area (Å²) in [5.41, 5.74) is 2.85. The predicted molar refractivity (Wildman–Crippen MR) is 59.1 cm³/mol. The third-order valence-electron chi connectivity index (χ3n) is 2.38. The van der Waals surface area contributed by atoms with Gasteiger partial charge in [-0.05, 0) is 42.3 Å². The number of aromatic nitrogens is 1. The summed E-state index contributed by atoms with van der Waals surface area (Å²) in [6, 6.07) is 8.08. The quantitative estimate of drug-likeness (QED) is 0.728. The van der Waals surface area contributed by atoms with Crippen LogP contribution in [0.1, 0.15) is 11.1 Å². The fourth-order valence-corrected chi connectivity index (χ4v) is 1.58. The first kappa shape index (κ1) is 10.3. The van der Waals surface area contributed by atoms with Gasteiger partial charge >= 0.3 is 0 Å². The number of halogens is 1. The molecule has 2 aromatic rings. The maximum absolute atomic E-state index is 13.3. The Kier molecular flexibility index (Phi) is 2.65. The Bertz CT molecular complexity index is 570. The first-order valence-electron chi connectivity index (χ1n) is 4.82. The van der Waals surface area contributed by atoms with Crippen LogP contribution in [-0.2, 0) is 0 Å². The van der Waals surface area contributed by atoms with E-state index in [0.717, 1.165) is 11.1 Å². The van der Waals surface area contributed by atoms with E-state index >= 15 is 0 Å². The van der Waals surface area contributed by atoms with E-state index < -0.39 is 5.82 Å². The second-order valence-electron chi connectivity index (χ2n) is 3.53. The number of hydrogen-bond donors (Lipinski definition) is 0. The van der Waals surface area contributed by atoms with Crippen molar-refractivity contribution < 1.29 is 4.39 Å². The summed E-state index contributed by atoms with van der Waals surface area (Å²) in [5, 5.41) is 8.77. The van der Waals surface area contributed by atoms with Crippen molar-refractivity contribution in [2.75, 3.05) is 0 Å². The van der Waals surface area contributed by atoms with Gasteiger partial charge in [0.2, 0.25) is 0 Å². The van der Waals surface area contributed by atoms with Gasteiger partial charge in [0.05, 0.1) is 11.6 Å². The molecule has 0 aliphatic carbocycles. The van der Waals surface area contributed by atoms with Crippen molar-refractivity contribution in [1.29, 1.82) is 5.26 Å². The van der Waals surface area contributed by atoms with E-state index in [2.05, 4.69) is 4.98 Å². The minimum absolute atomic E-state index is 0.318. The molecule has 0 amide bonds. The van der Waals surface area contributed by atoms with Gasteiger partial charge in [0.25, 0.3) is 0 Å². The Morgan fingerprint density at radius 2 is 2.12 bits per heavy atom. The number of nitriles is 1. The monoisotopic (exact) mass is 212 g/mol. The van der Waals surface area contributed by atoms with E-state index in [9.17, 15) is 4.39 Å². The Hall–Kier alpha value is -2.21. The zero-order valence-electron chi connectivity index (χ0n) is 8.74. The lowest BCUT2D eigenvalue weighted by Crippen LogP contribution is -1.88. The standard InChI is InChI=1S/C13H9FN2/c1-9-2-3-16-8-13(9)11-4-10(7-15)5-12(14)6-11/h2-6,8H,1H3. The van der Waals surface area contributed by atoms with Gasteiger partial charge in [0.15, 0.2) is 0 Å². The largest absolute Gasteiger partial charge is 0.264 e. The summed E-state index contributed by atoms with van der Waals surface area (Å²) in [7, 11) is 0. The molecule has 1 aromatic heterocycles. The molecule has 0 saturated carbocycles. The topological polar surface area (TPSA) is 36.7 Å². The Morgan fingerprint density at radius 3 is 2.81 bits per heavy atom. The van der Waals surface area contributed by atoms with Gasteiger partial charge < -0.3 is 0 Å². The van der Waals surface area contributed by atoms with E-state index in [1.807, 2.05) is 19.1 Å². The molecule has 2 rings (SSSR count). The van der Waals surface area contributed by atoms with Gasteiger partial charge in [0, 0.05) is 18.0 Å². The lowest BCUT2D eigenvalue weighted by molar-refractivity contribution is 0.628. The molecule has 0 atom stereocenters. The number of benzene rings is 1. The summed E-state index contributed by atoms with van der Waals surface area (Å²) < 4.78 is 13.3. The fraction of sp³-hybridized carbons (Fsp3) is 0.0769. The van der Waals surface area contributed by atoms with Crippen LogP contribution in [0.4, 0.5) is 4.39 Å². The number of nitrogens with zero attached hydrogens (tertiary/aromatic N) is 2. The molecule has 0 bridgehead atoms. The van der Waals surface area contributed by atoms with Crippen LogP contribution in [0.25, 0.3) is 11.1 Å². The van der Waals surface area contributed by atoms with Gasteiger partial charge in [-0.1, -0.05) is 0 Å². The van der Waals surface area contributed by atoms with Gasteiger partial charge in [-0.2, -0.15) is 5.26 Å². The van der Waals surface area contributed by atoms with Gasteiger partial charge in [0.1, 0.15) is 5.82 Å². The van der Waals surface area contributed by atoms with Crippen molar-refractivity contribution in [2.24, 2.45) is 0 Å². The molecular formula is C13H9FN2. The molecule has 0 spiro atoms. The summed E-state index contributed by atoms with van der Waals surface area (Å²) in [6.45, 7) is 1.92. The van der Waals surface area contributed by atoms with Crippen molar-refractivity contribution in [3.63, 3.8) is 0 Å². The molecule has 1 aromatic carbocycles. The second kappa shape index (κ2) is 4.11. The minimum Gasteiger partial charge on any atom is -0.264 e. The van der Waals surface area contributed by atoms with Crippen molar-refractivity contribution in [1.82, 2.24) is 4.98 Å². The van der Waals surface area contributed by atoms with Crippen molar-refractivity contribution in [3.8, 4) is 17.2 Å². The van der Waals surface area contributed by atoms with Crippen LogP contribution in [0.3, 0.4) is 0 Å². The summed E-state index contributed by atoms with van der Waals surface area (Å²) in [5.74, 6) is -0.405. The maximum Gasteiger partial charge on any atom is 0.125 e. The molecule has 2 nitrogen and oxygen atoms in total. The van der Waals surface area contributed by atoms with Crippen LogP contribution in [0, 0.1) is 24.1 Å². The molecule has 78 valence electrons. The summed E-state index contributed by atoms with van der Waals surface area (Å²) in [6.07, 6.45) is 3.36. The number of rotatable bonds is 1. The molecule has 0 fully saturated rings. The number of pyridine rings is 1. The molecule has 0 aliphatic rings. The fourth-order valence-electron chi connectivity index (χ4n) is 1.58. The summed E-state index contributed by atoms with van der Waals surface area (Å²) in [4.78, 5) is 4.00. The van der Waals surface area contributed by atoms with E-state index in [0.29, 0.717) is 11.1 Å². The smallest absolute Gasteiger partial charge is 0.125 e. The number of aryl methyl sites for hydroxylation is 1. The first-order valence-corrected chi connectivity index (χ1v) is 4.82. The van der Waals surface area contributed by atoms with Crippen LogP contribution in [-0.4, -0.2) is 4.98 Å². The average molecular weight is 212 g/mol. The zero-order valence-corrected chi connectivity index (χ0v) is 8.74. The molecule has 3 heteroatoms. The highest BCUT2D eigenvalue weighted by atomic mass is 19.1. The molecule has 0 N–H and O–H groups in total. The predicted octanol–water partition coefficient (Wildman–Crippen LogP) is 3.07. The van der Waals surface area contributed by atoms with Crippen LogP contribution < -0.4 is 0 Å². The van der Waals surface area contributed by atoms with E-state index in [1.165, 1.54) is 12.1 Å². The third kappa shape index (κ3) is 1.91. The molecule has 16 heavy (non-hydrogen) atoms. The Labute approximate surface area is 93.0 Å². The highest BCUT2D eigenvalue weighted by molar-refractivity contribution is 5.67.